The molecule has 2 fully saturated rings. The van der Waals surface area contributed by atoms with E-state index in [4.69, 9.17) is 9.47 Å². The van der Waals surface area contributed by atoms with Crippen molar-refractivity contribution in [1.82, 2.24) is 9.80 Å². The summed E-state index contributed by atoms with van der Waals surface area (Å²) in [4.78, 5) is 16.5. The van der Waals surface area contributed by atoms with E-state index in [1.807, 2.05) is 6.92 Å². The van der Waals surface area contributed by atoms with Crippen LogP contribution < -0.4 is 0 Å². The third-order valence-corrected chi connectivity index (χ3v) is 4.18. The molecule has 0 radical (unpaired) electrons. The highest BCUT2D eigenvalue weighted by Crippen LogP contribution is 2.20. The maximum atomic E-state index is 11.7. The summed E-state index contributed by atoms with van der Waals surface area (Å²) in [7, 11) is 0. The van der Waals surface area contributed by atoms with Gasteiger partial charge < -0.3 is 9.47 Å². The fraction of sp³-hybridized carbons (Fsp3) is 0.929. The number of nitrogens with zero attached hydrogens (tertiary/aromatic N) is 2. The summed E-state index contributed by atoms with van der Waals surface area (Å²) in [6, 6.07) is 0.533. The molecule has 110 valence electrons. The van der Waals surface area contributed by atoms with E-state index in [2.05, 4.69) is 16.7 Å². The lowest BCUT2D eigenvalue weighted by molar-refractivity contribution is -0.143. The third kappa shape index (κ3) is 3.68. The Bertz CT molecular complexity index is 298. The Kier molecular flexibility index (Phi) is 5.60. The van der Waals surface area contributed by atoms with Gasteiger partial charge in [-0.05, 0) is 13.3 Å². The molecule has 5 nitrogen and oxygen atoms in total. The van der Waals surface area contributed by atoms with E-state index >= 15 is 0 Å². The molecule has 2 aliphatic rings. The highest BCUT2D eigenvalue weighted by Gasteiger charge is 2.36. The van der Waals surface area contributed by atoms with Gasteiger partial charge in [0.25, 0.3) is 0 Å². The average molecular weight is 270 g/mol. The van der Waals surface area contributed by atoms with Crippen LogP contribution in [-0.4, -0.2) is 73.9 Å². The Morgan fingerprint density at radius 3 is 2.84 bits per heavy atom. The van der Waals surface area contributed by atoms with Crippen molar-refractivity contribution in [2.24, 2.45) is 0 Å². The van der Waals surface area contributed by atoms with Crippen molar-refractivity contribution < 1.29 is 14.3 Å². The number of esters is 1. The van der Waals surface area contributed by atoms with Crippen LogP contribution in [0.5, 0.6) is 0 Å². The molecular weight excluding hydrogens is 244 g/mol. The molecule has 2 aliphatic heterocycles. The van der Waals surface area contributed by atoms with Gasteiger partial charge in [0.1, 0.15) is 6.04 Å². The lowest BCUT2D eigenvalue weighted by Crippen LogP contribution is -2.57. The molecule has 2 saturated heterocycles. The van der Waals surface area contributed by atoms with Crippen LogP contribution in [-0.2, 0) is 14.3 Å². The summed E-state index contributed by atoms with van der Waals surface area (Å²) in [5.41, 5.74) is 0. The van der Waals surface area contributed by atoms with Crippen molar-refractivity contribution in [3.63, 3.8) is 0 Å². The van der Waals surface area contributed by atoms with Crippen LogP contribution in [0.4, 0.5) is 0 Å². The van der Waals surface area contributed by atoms with E-state index in [1.54, 1.807) is 0 Å². The van der Waals surface area contributed by atoms with Crippen molar-refractivity contribution >= 4 is 5.97 Å². The molecule has 0 spiro atoms. The van der Waals surface area contributed by atoms with Gasteiger partial charge in [0.2, 0.25) is 0 Å². The van der Waals surface area contributed by atoms with Crippen LogP contribution in [0.15, 0.2) is 0 Å². The summed E-state index contributed by atoms with van der Waals surface area (Å²) < 4.78 is 10.5. The highest BCUT2D eigenvalue weighted by atomic mass is 16.5. The molecule has 2 heterocycles. The van der Waals surface area contributed by atoms with E-state index in [0.29, 0.717) is 12.6 Å². The maximum Gasteiger partial charge on any atom is 0.323 e. The summed E-state index contributed by atoms with van der Waals surface area (Å²) in [5, 5.41) is 0. The van der Waals surface area contributed by atoms with E-state index in [9.17, 15) is 4.79 Å². The normalized spacial score (nSPS) is 29.7. The van der Waals surface area contributed by atoms with Gasteiger partial charge in [-0.2, -0.15) is 0 Å². The van der Waals surface area contributed by atoms with Gasteiger partial charge in [0, 0.05) is 45.2 Å². The van der Waals surface area contributed by atoms with Crippen molar-refractivity contribution in [3.05, 3.63) is 0 Å². The van der Waals surface area contributed by atoms with Crippen LogP contribution in [0.1, 0.15) is 26.7 Å². The molecule has 5 heteroatoms. The van der Waals surface area contributed by atoms with Gasteiger partial charge in [0.05, 0.1) is 13.2 Å². The molecule has 0 unspecified atom stereocenters. The lowest BCUT2D eigenvalue weighted by Gasteiger charge is -2.42. The minimum atomic E-state index is -0.0300. The van der Waals surface area contributed by atoms with Crippen LogP contribution in [0, 0.1) is 0 Å². The fourth-order valence-electron chi connectivity index (χ4n) is 3.02. The lowest BCUT2D eigenvalue weighted by atomic mass is 10.1. The zero-order valence-electron chi connectivity index (χ0n) is 12.1. The van der Waals surface area contributed by atoms with E-state index in [-0.39, 0.29) is 12.0 Å². The van der Waals surface area contributed by atoms with Gasteiger partial charge in [-0.15, -0.1) is 0 Å². The van der Waals surface area contributed by atoms with Crippen molar-refractivity contribution in [3.8, 4) is 0 Å². The third-order valence-electron chi connectivity index (χ3n) is 4.18. The molecule has 0 aromatic carbocycles. The topological polar surface area (TPSA) is 42.0 Å². The molecule has 19 heavy (non-hydrogen) atoms. The van der Waals surface area contributed by atoms with Crippen LogP contribution in [0.2, 0.25) is 0 Å². The predicted molar refractivity (Wildman–Crippen MR) is 73.1 cm³/mol. The monoisotopic (exact) mass is 270 g/mol. The fourth-order valence-corrected chi connectivity index (χ4v) is 3.02. The first kappa shape index (κ1) is 14.8. The molecule has 0 bridgehead atoms. The largest absolute Gasteiger partial charge is 0.464 e. The molecule has 2 rings (SSSR count). The second-order valence-electron chi connectivity index (χ2n) is 5.26. The molecular formula is C14H26N2O3. The van der Waals surface area contributed by atoms with Crippen LogP contribution in [0.3, 0.4) is 0 Å². The van der Waals surface area contributed by atoms with Gasteiger partial charge >= 0.3 is 5.97 Å². The van der Waals surface area contributed by atoms with Crippen molar-refractivity contribution in [1.29, 1.82) is 0 Å². The number of hydrogen-bond donors (Lipinski definition) is 0. The summed E-state index contributed by atoms with van der Waals surface area (Å²) in [6.45, 7) is 10.4. The van der Waals surface area contributed by atoms with Crippen molar-refractivity contribution in [2.45, 2.75) is 38.8 Å². The van der Waals surface area contributed by atoms with Gasteiger partial charge in [-0.25, -0.2) is 0 Å². The Labute approximate surface area is 115 Å². The second kappa shape index (κ2) is 7.22. The molecule has 0 saturated carbocycles. The first-order valence-corrected chi connectivity index (χ1v) is 7.48. The van der Waals surface area contributed by atoms with Gasteiger partial charge in [0.15, 0.2) is 0 Å². The molecule has 0 amide bonds. The smallest absolute Gasteiger partial charge is 0.323 e. The molecule has 2 atom stereocenters. The number of carbonyl (C=O) groups is 1. The van der Waals surface area contributed by atoms with E-state index < -0.39 is 0 Å². The van der Waals surface area contributed by atoms with Crippen molar-refractivity contribution in [2.75, 3.05) is 46.0 Å². The minimum absolute atomic E-state index is 0.00286. The molecule has 0 aromatic heterocycles. The Hall–Kier alpha value is -0.650. The zero-order valence-corrected chi connectivity index (χ0v) is 12.1. The number of ether oxygens (including phenoxy) is 2. The SMILES string of the molecule is CCOCCN1CCN([C@H]2CCOC2=O)C[C@@H]1CC. The summed E-state index contributed by atoms with van der Waals surface area (Å²) >= 11 is 0. The number of cyclic esters (lactones) is 1. The maximum absolute atomic E-state index is 11.7. The summed E-state index contributed by atoms with van der Waals surface area (Å²) in [6.07, 6.45) is 1.97. The Balaban J connectivity index is 1.84. The highest BCUT2D eigenvalue weighted by molar-refractivity contribution is 5.77. The van der Waals surface area contributed by atoms with Crippen LogP contribution in [0.25, 0.3) is 0 Å². The zero-order chi connectivity index (χ0) is 13.7. The van der Waals surface area contributed by atoms with Gasteiger partial charge in [-0.1, -0.05) is 6.92 Å². The Morgan fingerprint density at radius 2 is 2.21 bits per heavy atom. The first-order valence-electron chi connectivity index (χ1n) is 7.48. The quantitative estimate of drug-likeness (QED) is 0.526. The van der Waals surface area contributed by atoms with Crippen LogP contribution >= 0.6 is 0 Å². The second-order valence-corrected chi connectivity index (χ2v) is 5.26. The first-order chi connectivity index (χ1) is 9.26. The standard InChI is InChI=1S/C14H26N2O3/c1-3-12-11-16(13-5-9-19-14(13)17)7-6-15(12)8-10-18-4-2/h12-13H,3-11H2,1-2H3/t12-,13-/m0/s1. The molecule has 0 aromatic rings. The number of piperazine rings is 1. The van der Waals surface area contributed by atoms with E-state index in [1.165, 1.54) is 0 Å². The predicted octanol–water partition coefficient (Wildman–Crippen LogP) is 0.735. The molecule has 0 aliphatic carbocycles. The number of rotatable bonds is 6. The number of hydrogen-bond acceptors (Lipinski definition) is 5. The number of carbonyl (C=O) groups excluding carboxylic acids is 1. The van der Waals surface area contributed by atoms with E-state index in [0.717, 1.165) is 52.2 Å². The minimum Gasteiger partial charge on any atom is -0.464 e. The summed E-state index contributed by atoms with van der Waals surface area (Å²) in [5.74, 6) is -0.0300. The molecule has 0 N–H and O–H groups in total. The van der Waals surface area contributed by atoms with Gasteiger partial charge in [-0.3, -0.25) is 14.6 Å². The Morgan fingerprint density at radius 1 is 1.37 bits per heavy atom. The average Bonchev–Trinajstić information content (AvgIpc) is 2.85.